The Balaban J connectivity index is 1.57. The number of ether oxygens (including phenoxy) is 1. The monoisotopic (exact) mass is 526 g/mol. The Labute approximate surface area is 228 Å². The van der Waals surface area contributed by atoms with Gasteiger partial charge in [0.25, 0.3) is 0 Å². The van der Waals surface area contributed by atoms with Crippen LogP contribution in [0.5, 0.6) is 5.75 Å². The minimum atomic E-state index is -1.42. The van der Waals surface area contributed by atoms with Gasteiger partial charge in [-0.25, -0.2) is 4.79 Å². The van der Waals surface area contributed by atoms with Crippen LogP contribution in [0.15, 0.2) is 72.6 Å². The van der Waals surface area contributed by atoms with Crippen LogP contribution in [0.2, 0.25) is 0 Å². The van der Waals surface area contributed by atoms with Crippen LogP contribution in [0.1, 0.15) is 55.8 Å². The molecule has 0 saturated carbocycles. The normalized spacial score (nSPS) is 17.1. The van der Waals surface area contributed by atoms with Gasteiger partial charge in [-0.05, 0) is 42.7 Å². The second kappa shape index (κ2) is 8.16. The van der Waals surface area contributed by atoms with Crippen molar-refractivity contribution in [2.75, 3.05) is 11.4 Å². The summed E-state index contributed by atoms with van der Waals surface area (Å²) in [6.07, 6.45) is 16.3. The molecule has 1 N–H and O–H groups in total. The molecule has 0 amide bonds. The molecule has 5 aliphatic rings. The number of aromatic nitrogens is 1. The zero-order chi connectivity index (χ0) is 27.1. The third-order valence-corrected chi connectivity index (χ3v) is 8.31. The number of fused-ring (bicyclic) bond motifs is 3. The van der Waals surface area contributed by atoms with Gasteiger partial charge in [-0.15, -0.1) is 0 Å². The maximum absolute atomic E-state index is 12.6. The van der Waals surface area contributed by atoms with Gasteiger partial charge in [0.05, 0.1) is 22.4 Å². The van der Waals surface area contributed by atoms with Crippen molar-refractivity contribution in [2.24, 2.45) is 0 Å². The number of allylic oxidation sites excluding steroid dienone is 2. The number of pyridine rings is 1. The number of carbonyl (C=O) groups is 2. The number of carbonyl (C=O) groups excluding carboxylic acids is 1. The van der Waals surface area contributed by atoms with Crippen molar-refractivity contribution >= 4 is 46.8 Å². The Bertz CT molecular complexity index is 1960. The number of hydrogen-bond donors (Lipinski definition) is 1. The summed E-state index contributed by atoms with van der Waals surface area (Å²) in [5, 5.41) is 24.7. The molecule has 0 saturated heterocycles. The Kier molecular flexibility index (Phi) is 4.65. The highest BCUT2D eigenvalue weighted by atomic mass is 16.5. The minimum Gasteiger partial charge on any atom is -0.545 e. The molecule has 4 aliphatic heterocycles. The molecule has 0 bridgehead atoms. The van der Waals surface area contributed by atoms with Crippen LogP contribution in [0, 0.1) is 0 Å². The van der Waals surface area contributed by atoms with Gasteiger partial charge in [0, 0.05) is 64.2 Å². The molecule has 0 radical (unpaired) electrons. The number of benzene rings is 2. The summed E-state index contributed by atoms with van der Waals surface area (Å²) in [4.78, 5) is 27.2. The van der Waals surface area contributed by atoms with Gasteiger partial charge in [-0.1, -0.05) is 30.4 Å². The third kappa shape index (κ3) is 3.03. The maximum atomic E-state index is 12.6. The van der Waals surface area contributed by atoms with Crippen LogP contribution < -0.4 is 29.9 Å². The minimum absolute atomic E-state index is 0.0812. The smallest absolute Gasteiger partial charge is 0.336 e. The van der Waals surface area contributed by atoms with E-state index in [9.17, 15) is 19.8 Å². The SMILES string of the molecule is O=C([O-])c1cccc(C(=O)O)c1C1=C2CC3=c4c(ccc[n+]4C=CC3)=C2Oc2c1cc1c3c2CC=CN3CC=C1. The average Bonchev–Trinajstić information content (AvgIpc) is 2.96. The fraction of sp³-hybridized carbons (Fsp3) is 0.121. The zero-order valence-corrected chi connectivity index (χ0v) is 21.3. The first-order valence-electron chi connectivity index (χ1n) is 13.2. The first kappa shape index (κ1) is 22.8. The summed E-state index contributed by atoms with van der Waals surface area (Å²) in [5.41, 5.74) is 6.20. The van der Waals surface area contributed by atoms with E-state index in [0.717, 1.165) is 51.5 Å². The number of rotatable bonds is 3. The average molecular weight is 527 g/mol. The van der Waals surface area contributed by atoms with E-state index in [1.807, 2.05) is 30.6 Å². The van der Waals surface area contributed by atoms with Gasteiger partial charge in [0.2, 0.25) is 5.35 Å². The summed E-state index contributed by atoms with van der Waals surface area (Å²) in [6, 6.07) is 10.3. The first-order chi connectivity index (χ1) is 19.5. The Hall–Kier alpha value is -5.17. The van der Waals surface area contributed by atoms with E-state index in [-0.39, 0.29) is 16.7 Å². The highest BCUT2D eigenvalue weighted by Gasteiger charge is 2.37. The van der Waals surface area contributed by atoms with Gasteiger partial charge in [0.15, 0.2) is 12.4 Å². The predicted octanol–water partition coefficient (Wildman–Crippen LogP) is 2.37. The molecule has 8 rings (SSSR count). The summed E-state index contributed by atoms with van der Waals surface area (Å²) in [5.74, 6) is -1.34. The zero-order valence-electron chi connectivity index (χ0n) is 21.3. The molecule has 0 fully saturated rings. The lowest BCUT2D eigenvalue weighted by Crippen LogP contribution is -2.57. The van der Waals surface area contributed by atoms with Crippen LogP contribution in [-0.2, 0) is 6.42 Å². The van der Waals surface area contributed by atoms with Crippen molar-refractivity contribution in [3.8, 4) is 5.75 Å². The van der Waals surface area contributed by atoms with E-state index >= 15 is 0 Å². The first-order valence-corrected chi connectivity index (χ1v) is 13.2. The fourth-order valence-corrected chi connectivity index (χ4v) is 6.77. The lowest BCUT2D eigenvalue weighted by atomic mass is 9.78. The largest absolute Gasteiger partial charge is 0.545 e. The summed E-state index contributed by atoms with van der Waals surface area (Å²) in [7, 11) is 0. The molecule has 0 spiro atoms. The highest BCUT2D eigenvalue weighted by molar-refractivity contribution is 6.09. The van der Waals surface area contributed by atoms with E-state index in [1.54, 1.807) is 0 Å². The molecule has 0 atom stereocenters. The number of aromatic carboxylic acids is 2. The van der Waals surface area contributed by atoms with Gasteiger partial charge < -0.3 is 24.6 Å². The molecule has 1 aromatic heterocycles. The standard InChI is InChI=1S/C33H22N2O5/c36-32(37)20-8-1-9-21(33(38)39)26(20)27-24-16-18-6-2-12-34-14-4-10-22(28(18)34)30(24)40-31-23-11-5-15-35-13-3-7-19(29(23)35)17-25(27)31/h1-6,8-9,11,13-16H,7,10,12,17H2,(H-,36,37,38,39). The van der Waals surface area contributed by atoms with E-state index in [0.29, 0.717) is 35.5 Å². The summed E-state index contributed by atoms with van der Waals surface area (Å²) < 4.78 is 8.95. The number of carboxylic acid groups (broad SMARTS) is 2. The van der Waals surface area contributed by atoms with Crippen LogP contribution in [0.25, 0.3) is 29.2 Å². The van der Waals surface area contributed by atoms with Gasteiger partial charge in [0.1, 0.15) is 11.5 Å². The van der Waals surface area contributed by atoms with E-state index in [1.165, 1.54) is 18.2 Å². The van der Waals surface area contributed by atoms with E-state index < -0.39 is 11.9 Å². The second-order valence-electron chi connectivity index (χ2n) is 10.5. The molecule has 3 aromatic rings. The number of carboxylic acids is 2. The number of nitrogens with zero attached hydrogens (tertiary/aromatic N) is 2. The summed E-state index contributed by atoms with van der Waals surface area (Å²) in [6.45, 7) is 0.740. The van der Waals surface area contributed by atoms with Crippen molar-refractivity contribution in [1.82, 2.24) is 0 Å². The number of hydrogen-bond acceptors (Lipinski definition) is 5. The predicted molar refractivity (Wildman–Crippen MR) is 147 cm³/mol. The lowest BCUT2D eigenvalue weighted by Gasteiger charge is -2.36. The molecule has 0 unspecified atom stereocenters. The molecule has 7 heteroatoms. The van der Waals surface area contributed by atoms with E-state index in [4.69, 9.17) is 4.74 Å². The molecule has 5 heterocycles. The number of anilines is 1. The topological polar surface area (TPSA) is 93.8 Å². The molecule has 1 aliphatic carbocycles. The van der Waals surface area contributed by atoms with Crippen LogP contribution >= 0.6 is 0 Å². The van der Waals surface area contributed by atoms with Crippen LogP contribution in [-0.4, -0.2) is 23.6 Å². The van der Waals surface area contributed by atoms with Gasteiger partial charge in [-0.3, -0.25) is 0 Å². The van der Waals surface area contributed by atoms with Crippen molar-refractivity contribution in [3.05, 3.63) is 117 Å². The second-order valence-corrected chi connectivity index (χ2v) is 10.5. The van der Waals surface area contributed by atoms with Crippen molar-refractivity contribution < 1.29 is 29.1 Å². The molecule has 2 aromatic carbocycles. The van der Waals surface area contributed by atoms with E-state index in [2.05, 4.69) is 40.0 Å². The summed E-state index contributed by atoms with van der Waals surface area (Å²) >= 11 is 0. The van der Waals surface area contributed by atoms with Crippen LogP contribution in [0.3, 0.4) is 0 Å². The fourth-order valence-electron chi connectivity index (χ4n) is 6.77. The molecule has 7 nitrogen and oxygen atoms in total. The quantitative estimate of drug-likeness (QED) is 0.527. The molecular weight excluding hydrogens is 504 g/mol. The Morgan fingerprint density at radius 3 is 2.77 bits per heavy atom. The Morgan fingerprint density at radius 2 is 1.93 bits per heavy atom. The molecular formula is C33H22N2O5. The molecule has 194 valence electrons. The van der Waals surface area contributed by atoms with Gasteiger partial charge in [-0.2, -0.15) is 4.57 Å². The maximum Gasteiger partial charge on any atom is 0.336 e. The van der Waals surface area contributed by atoms with Crippen LogP contribution in [0.4, 0.5) is 5.69 Å². The highest BCUT2D eigenvalue weighted by Crippen LogP contribution is 2.52. The van der Waals surface area contributed by atoms with Crippen molar-refractivity contribution in [2.45, 2.75) is 19.3 Å². The third-order valence-electron chi connectivity index (χ3n) is 8.31. The molecule has 40 heavy (non-hydrogen) atoms. The van der Waals surface area contributed by atoms with Crippen molar-refractivity contribution in [3.63, 3.8) is 0 Å². The lowest BCUT2D eigenvalue weighted by molar-refractivity contribution is -0.585. The van der Waals surface area contributed by atoms with Gasteiger partial charge >= 0.3 is 5.97 Å². The van der Waals surface area contributed by atoms with Crippen molar-refractivity contribution in [1.29, 1.82) is 0 Å². The Morgan fingerprint density at radius 1 is 1.05 bits per heavy atom.